The Morgan fingerprint density at radius 1 is 0.818 bits per heavy atom. The fourth-order valence-electron chi connectivity index (χ4n) is 3.87. The molecule has 0 saturated heterocycles. The smallest absolute Gasteiger partial charge is 0.325 e. The first-order valence-electron chi connectivity index (χ1n) is 13.0. The van der Waals surface area contributed by atoms with E-state index in [-0.39, 0.29) is 10.7 Å². The lowest BCUT2D eigenvalue weighted by Crippen LogP contribution is -2.30. The Kier molecular flexibility index (Phi) is 10.7. The average Bonchev–Trinajstić information content (AvgIpc) is 2.98. The van der Waals surface area contributed by atoms with Crippen LogP contribution in [0, 0.1) is 0 Å². The maximum absolute atomic E-state index is 13.4. The summed E-state index contributed by atoms with van der Waals surface area (Å²) in [6, 6.07) is 24.8. The predicted octanol–water partition coefficient (Wildman–Crippen LogP) is 8.54. The van der Waals surface area contributed by atoms with E-state index < -0.39 is 40.4 Å². The van der Waals surface area contributed by atoms with Gasteiger partial charge >= 0.3 is 6.18 Å². The minimum absolute atomic E-state index is 0.0229. The first-order valence-corrected chi connectivity index (χ1v) is 14.6. The lowest BCUT2D eigenvalue weighted by Gasteiger charge is -2.17. The zero-order valence-electron chi connectivity index (χ0n) is 22.9. The van der Waals surface area contributed by atoms with Crippen molar-refractivity contribution in [2.75, 3.05) is 10.6 Å². The van der Waals surface area contributed by atoms with Crippen molar-refractivity contribution in [2.24, 2.45) is 0 Å². The average molecular weight is 659 g/mol. The number of carbonyl (C=O) groups is 3. The Morgan fingerprint density at radius 2 is 1.50 bits per heavy atom. The van der Waals surface area contributed by atoms with Crippen molar-refractivity contribution in [3.05, 3.63) is 129 Å². The van der Waals surface area contributed by atoms with Crippen LogP contribution in [0.2, 0.25) is 10.0 Å². The van der Waals surface area contributed by atoms with E-state index in [0.29, 0.717) is 26.7 Å². The molecule has 44 heavy (non-hydrogen) atoms. The number of hydrogen-bond donors (Lipinski definition) is 3. The van der Waals surface area contributed by atoms with E-state index in [0.717, 1.165) is 23.9 Å². The van der Waals surface area contributed by atoms with Crippen LogP contribution in [-0.2, 0) is 15.8 Å². The van der Waals surface area contributed by atoms with Gasteiger partial charge in [0.05, 0.1) is 16.5 Å². The maximum atomic E-state index is 13.4. The van der Waals surface area contributed by atoms with Gasteiger partial charge in [-0.15, -0.1) is 11.8 Å². The van der Waals surface area contributed by atoms with Crippen LogP contribution in [0.25, 0.3) is 6.08 Å². The van der Waals surface area contributed by atoms with E-state index in [1.54, 1.807) is 85.8 Å². The molecule has 0 heterocycles. The summed E-state index contributed by atoms with van der Waals surface area (Å²) in [6.45, 7) is 1.56. The highest BCUT2D eigenvalue weighted by molar-refractivity contribution is 8.00. The SMILES string of the molecule is CC(Sc1ccc(NC(=O)/C(=C/c2cccc(Cl)c2)NC(=O)c2ccccc2)cc1)C(=O)Nc1ccc(Cl)cc1C(F)(F)F. The summed E-state index contributed by atoms with van der Waals surface area (Å²) in [5.41, 5.74) is -0.0973. The number of carbonyl (C=O) groups excluding carboxylic acids is 3. The molecule has 0 aliphatic rings. The molecule has 3 N–H and O–H groups in total. The molecule has 1 atom stereocenters. The molecule has 0 bridgehead atoms. The molecule has 4 aromatic rings. The van der Waals surface area contributed by atoms with E-state index >= 15 is 0 Å². The minimum Gasteiger partial charge on any atom is -0.325 e. The molecule has 0 fully saturated rings. The number of thioether (sulfide) groups is 1. The summed E-state index contributed by atoms with van der Waals surface area (Å²) >= 11 is 12.9. The van der Waals surface area contributed by atoms with Gasteiger partial charge in [0.25, 0.3) is 11.8 Å². The first-order chi connectivity index (χ1) is 20.9. The fourth-order valence-corrected chi connectivity index (χ4v) is 5.11. The van der Waals surface area contributed by atoms with Gasteiger partial charge in [-0.2, -0.15) is 13.2 Å². The second kappa shape index (κ2) is 14.5. The minimum atomic E-state index is -4.70. The zero-order chi connectivity index (χ0) is 31.9. The molecular formula is C32H24Cl2F3N3O3S. The van der Waals surface area contributed by atoms with E-state index in [9.17, 15) is 27.6 Å². The number of halogens is 5. The summed E-state index contributed by atoms with van der Waals surface area (Å²) in [4.78, 5) is 39.4. The number of nitrogens with one attached hydrogen (secondary N) is 3. The molecule has 4 rings (SSSR count). The lowest BCUT2D eigenvalue weighted by molar-refractivity contribution is -0.137. The molecule has 1 unspecified atom stereocenters. The van der Waals surface area contributed by atoms with Gasteiger partial charge in [-0.3, -0.25) is 14.4 Å². The lowest BCUT2D eigenvalue weighted by atomic mass is 10.1. The van der Waals surface area contributed by atoms with E-state index in [4.69, 9.17) is 23.2 Å². The van der Waals surface area contributed by atoms with Crippen molar-refractivity contribution in [3.8, 4) is 0 Å². The molecule has 0 spiro atoms. The predicted molar refractivity (Wildman–Crippen MR) is 169 cm³/mol. The van der Waals surface area contributed by atoms with Crippen LogP contribution in [-0.4, -0.2) is 23.0 Å². The summed E-state index contributed by atoms with van der Waals surface area (Å²) in [6.07, 6.45) is -3.20. The molecular weight excluding hydrogens is 634 g/mol. The number of anilines is 2. The van der Waals surface area contributed by atoms with Gasteiger partial charge in [0, 0.05) is 26.2 Å². The van der Waals surface area contributed by atoms with Crippen molar-refractivity contribution >= 4 is 70.1 Å². The summed E-state index contributed by atoms with van der Waals surface area (Å²) in [5.74, 6) is -1.70. The molecule has 0 radical (unpaired) electrons. The monoisotopic (exact) mass is 657 g/mol. The molecule has 226 valence electrons. The molecule has 0 aliphatic carbocycles. The quantitative estimate of drug-likeness (QED) is 0.124. The topological polar surface area (TPSA) is 87.3 Å². The Balaban J connectivity index is 1.44. The fraction of sp³-hybridized carbons (Fsp3) is 0.0938. The second-order valence-corrected chi connectivity index (χ2v) is 11.6. The van der Waals surface area contributed by atoms with Gasteiger partial charge in [-0.05, 0) is 85.3 Å². The van der Waals surface area contributed by atoms with Gasteiger partial charge in [-0.1, -0.05) is 53.5 Å². The van der Waals surface area contributed by atoms with Crippen molar-refractivity contribution in [2.45, 2.75) is 23.2 Å². The second-order valence-electron chi connectivity index (χ2n) is 9.35. The van der Waals surface area contributed by atoms with Crippen LogP contribution >= 0.6 is 35.0 Å². The standard InChI is InChI=1S/C32H24Cl2F3N3O3S/c1-19(29(41)39-27-15-10-23(34)18-26(27)32(35,36)37)44-25-13-11-24(12-14-25)38-31(43)28(17-20-6-5-9-22(33)16-20)40-30(42)21-7-3-2-4-8-21/h2-19H,1H3,(H,38,43)(H,39,41)(H,40,42)/b28-17-. The van der Waals surface area contributed by atoms with Gasteiger partial charge in [0.15, 0.2) is 0 Å². The van der Waals surface area contributed by atoms with Crippen molar-refractivity contribution in [1.29, 1.82) is 0 Å². The van der Waals surface area contributed by atoms with Crippen LogP contribution < -0.4 is 16.0 Å². The number of alkyl halides is 3. The first kappa shape index (κ1) is 32.7. The van der Waals surface area contributed by atoms with E-state index in [1.807, 2.05) is 0 Å². The number of hydrogen-bond acceptors (Lipinski definition) is 4. The molecule has 3 amide bonds. The Morgan fingerprint density at radius 3 is 2.16 bits per heavy atom. The van der Waals surface area contributed by atoms with E-state index in [2.05, 4.69) is 16.0 Å². The van der Waals surface area contributed by atoms with Gasteiger partial charge in [0.2, 0.25) is 5.91 Å². The van der Waals surface area contributed by atoms with Crippen molar-refractivity contribution in [3.63, 3.8) is 0 Å². The maximum Gasteiger partial charge on any atom is 0.418 e. The van der Waals surface area contributed by atoms with Crippen LogP contribution in [0.3, 0.4) is 0 Å². The largest absolute Gasteiger partial charge is 0.418 e. The van der Waals surface area contributed by atoms with Gasteiger partial charge in [-0.25, -0.2) is 0 Å². The number of amides is 3. The summed E-state index contributed by atoms with van der Waals surface area (Å²) in [7, 11) is 0. The van der Waals surface area contributed by atoms with Crippen LogP contribution in [0.4, 0.5) is 24.5 Å². The summed E-state index contributed by atoms with van der Waals surface area (Å²) in [5, 5.41) is 7.30. The third-order valence-corrected chi connectivity index (χ3v) is 7.61. The highest BCUT2D eigenvalue weighted by Crippen LogP contribution is 2.37. The molecule has 12 heteroatoms. The third-order valence-electron chi connectivity index (χ3n) is 6.03. The Labute approximate surface area is 265 Å². The Hall–Kier alpha value is -4.25. The highest BCUT2D eigenvalue weighted by Gasteiger charge is 2.34. The summed E-state index contributed by atoms with van der Waals surface area (Å²) < 4.78 is 40.2. The molecule has 0 saturated carbocycles. The molecule has 6 nitrogen and oxygen atoms in total. The van der Waals surface area contributed by atoms with Gasteiger partial charge < -0.3 is 16.0 Å². The van der Waals surface area contributed by atoms with Crippen LogP contribution in [0.15, 0.2) is 108 Å². The number of rotatable bonds is 9. The van der Waals surface area contributed by atoms with E-state index in [1.165, 1.54) is 12.1 Å². The van der Waals surface area contributed by atoms with Crippen LogP contribution in [0.1, 0.15) is 28.4 Å². The Bertz CT molecular complexity index is 1700. The van der Waals surface area contributed by atoms with Crippen molar-refractivity contribution in [1.82, 2.24) is 5.32 Å². The zero-order valence-corrected chi connectivity index (χ0v) is 25.2. The number of benzene rings is 4. The van der Waals surface area contributed by atoms with Crippen molar-refractivity contribution < 1.29 is 27.6 Å². The van der Waals surface area contributed by atoms with Gasteiger partial charge in [0.1, 0.15) is 5.70 Å². The molecule has 0 aromatic heterocycles. The highest BCUT2D eigenvalue weighted by atomic mass is 35.5. The normalized spacial score (nSPS) is 12.3. The molecule has 0 aliphatic heterocycles. The third kappa shape index (κ3) is 9.12. The molecule has 4 aromatic carbocycles. The van der Waals surface area contributed by atoms with Crippen LogP contribution in [0.5, 0.6) is 0 Å².